The Hall–Kier alpha value is -7.96. The fourth-order valence-electron chi connectivity index (χ4n) is 4.88. The highest BCUT2D eigenvalue weighted by molar-refractivity contribution is 5.93. The van der Waals surface area contributed by atoms with Crippen LogP contribution < -0.4 is 63.8 Å². The molecule has 60 heavy (non-hydrogen) atoms. The minimum atomic E-state index is -0.470. The summed E-state index contributed by atoms with van der Waals surface area (Å²) in [6.45, 7) is 2.42. The summed E-state index contributed by atoms with van der Waals surface area (Å²) in [4.78, 5) is 101. The molecule has 12 N–H and O–H groups in total. The number of anilines is 4. The van der Waals surface area contributed by atoms with Gasteiger partial charge in [-0.05, 0) is 80.3 Å². The van der Waals surface area contributed by atoms with Crippen LogP contribution in [0.25, 0.3) is 0 Å². The maximum atomic E-state index is 12.3. The average molecular weight is 829 g/mol. The van der Waals surface area contributed by atoms with Crippen LogP contribution in [-0.4, -0.2) is 101 Å². The summed E-state index contributed by atoms with van der Waals surface area (Å²) in [5, 5.41) is 32.0. The van der Waals surface area contributed by atoms with Crippen LogP contribution in [0.2, 0.25) is 0 Å². The molecule has 0 aliphatic carbocycles. The summed E-state index contributed by atoms with van der Waals surface area (Å²) in [5.74, 6) is 0. The first-order valence-electron chi connectivity index (χ1n) is 18.8. The number of nitrogens with zero attached hydrogens (tertiary/aromatic N) is 2. The molecule has 3 rings (SSSR count). The van der Waals surface area contributed by atoms with Gasteiger partial charge in [0.15, 0.2) is 0 Å². The molecule has 0 aliphatic heterocycles. The number of hydrogen-bond donors (Lipinski definition) is 12. The van der Waals surface area contributed by atoms with Gasteiger partial charge in [0.25, 0.3) is 0 Å². The quantitative estimate of drug-likeness (QED) is 0.0402. The normalized spacial score (nSPS) is 9.87. The smallest absolute Gasteiger partial charge is 0.319 e. The number of amides is 12. The first-order chi connectivity index (χ1) is 29.1. The van der Waals surface area contributed by atoms with Crippen molar-refractivity contribution >= 4 is 82.5 Å². The molecular formula is C38H48N14O8. The Morgan fingerprint density at radius 1 is 0.367 bits per heavy atom. The molecule has 0 unspecified atom stereocenters. The predicted molar refractivity (Wildman–Crippen MR) is 224 cm³/mol. The molecule has 3 aromatic carbocycles. The highest BCUT2D eigenvalue weighted by Gasteiger charge is 2.08. The zero-order valence-corrected chi connectivity index (χ0v) is 32.6. The van der Waals surface area contributed by atoms with Crippen molar-refractivity contribution in [3.63, 3.8) is 0 Å². The van der Waals surface area contributed by atoms with E-state index in [9.17, 15) is 38.4 Å². The van der Waals surface area contributed by atoms with E-state index >= 15 is 0 Å². The van der Waals surface area contributed by atoms with Gasteiger partial charge in [0.1, 0.15) is 0 Å². The highest BCUT2D eigenvalue weighted by Crippen LogP contribution is 2.18. The third kappa shape index (κ3) is 20.8. The van der Waals surface area contributed by atoms with Gasteiger partial charge in [-0.2, -0.15) is 9.98 Å². The number of rotatable bonds is 22. The van der Waals surface area contributed by atoms with Gasteiger partial charge < -0.3 is 63.8 Å². The highest BCUT2D eigenvalue weighted by atomic mass is 16.2. The van der Waals surface area contributed by atoms with Gasteiger partial charge in [-0.1, -0.05) is 18.2 Å². The van der Waals surface area contributed by atoms with Crippen molar-refractivity contribution in [1.29, 1.82) is 0 Å². The number of urea groups is 6. The molecule has 3 aromatic rings. The van der Waals surface area contributed by atoms with Crippen LogP contribution in [0, 0.1) is 0 Å². The molecule has 0 aliphatic rings. The molecule has 0 radical (unpaired) electrons. The Labute approximate surface area is 345 Å². The van der Waals surface area contributed by atoms with Crippen molar-refractivity contribution in [2.45, 2.75) is 25.7 Å². The van der Waals surface area contributed by atoms with Gasteiger partial charge in [0, 0.05) is 75.1 Å². The van der Waals surface area contributed by atoms with E-state index in [1.54, 1.807) is 60.7 Å². The summed E-state index contributed by atoms with van der Waals surface area (Å²) in [6, 6.07) is 16.7. The number of hydrogen-bond acceptors (Lipinski definition) is 10. The van der Waals surface area contributed by atoms with Crippen LogP contribution in [0.1, 0.15) is 25.7 Å². The van der Waals surface area contributed by atoms with Gasteiger partial charge >= 0.3 is 36.2 Å². The van der Waals surface area contributed by atoms with Crippen molar-refractivity contribution in [2.75, 3.05) is 73.6 Å². The molecule has 318 valence electrons. The van der Waals surface area contributed by atoms with Crippen LogP contribution >= 0.6 is 0 Å². The number of carbonyl (C=O) groups excluding carboxylic acids is 8. The monoisotopic (exact) mass is 828 g/mol. The van der Waals surface area contributed by atoms with Gasteiger partial charge in [0.05, 0.1) is 11.4 Å². The lowest BCUT2D eigenvalue weighted by atomic mass is 10.3. The number of aliphatic imine (C=N–C) groups is 2. The van der Waals surface area contributed by atoms with E-state index in [1.807, 2.05) is 0 Å². The molecule has 0 atom stereocenters. The van der Waals surface area contributed by atoms with E-state index in [0.717, 1.165) is 0 Å². The number of carbonyl (C=O) groups is 6. The zero-order valence-electron chi connectivity index (χ0n) is 32.6. The van der Waals surface area contributed by atoms with Crippen LogP contribution in [0.15, 0.2) is 82.8 Å². The topological polar surface area (TPSA) is 306 Å². The second kappa shape index (κ2) is 27.6. The molecule has 0 saturated heterocycles. The molecule has 0 bridgehead atoms. The van der Waals surface area contributed by atoms with Crippen molar-refractivity contribution in [3.05, 3.63) is 72.8 Å². The predicted octanol–water partition coefficient (Wildman–Crippen LogP) is 3.67. The lowest BCUT2D eigenvalue weighted by Crippen LogP contribution is -2.39. The second-order valence-electron chi connectivity index (χ2n) is 12.4. The molecule has 0 aromatic heterocycles. The van der Waals surface area contributed by atoms with Gasteiger partial charge in [-0.15, -0.1) is 0 Å². The number of nitrogens with one attached hydrogen (secondary N) is 12. The molecule has 0 fully saturated rings. The summed E-state index contributed by atoms with van der Waals surface area (Å²) in [6.07, 6.45) is 4.76. The van der Waals surface area contributed by atoms with E-state index in [4.69, 9.17) is 0 Å². The Morgan fingerprint density at radius 3 is 0.900 bits per heavy atom. The summed E-state index contributed by atoms with van der Waals surface area (Å²) in [5.41, 5.74) is 2.53. The summed E-state index contributed by atoms with van der Waals surface area (Å²) >= 11 is 0. The Kier molecular flexibility index (Phi) is 21.4. The first-order valence-corrected chi connectivity index (χ1v) is 18.8. The molecule has 0 spiro atoms. The molecular weight excluding hydrogens is 781 g/mol. The molecule has 22 nitrogen and oxygen atoms in total. The largest absolute Gasteiger partial charge is 0.338 e. The fraction of sp³-hybridized carbons (Fsp3) is 0.316. The van der Waals surface area contributed by atoms with Gasteiger partial charge in [-0.25, -0.2) is 38.4 Å². The summed E-state index contributed by atoms with van der Waals surface area (Å²) < 4.78 is 0. The third-order valence-electron chi connectivity index (χ3n) is 7.63. The fourth-order valence-corrected chi connectivity index (χ4v) is 4.88. The number of benzene rings is 3. The molecule has 12 amide bonds. The van der Waals surface area contributed by atoms with E-state index in [1.165, 1.54) is 24.3 Å². The Bertz CT molecular complexity index is 1870. The van der Waals surface area contributed by atoms with Crippen LogP contribution in [0.5, 0.6) is 0 Å². The van der Waals surface area contributed by atoms with Crippen molar-refractivity contribution < 1.29 is 38.4 Å². The molecule has 22 heteroatoms. The standard InChI is InChI=1S/C38H48N14O8/c53-25-47-27-8-1-10-29(22-27)49-35(57)43-18-4-14-39-33(55)41-16-6-20-45-37(59)51-31-12-3-13-32(24-31)52-38(60)46-21-7-17-42-34(56)40-15-5-19-44-36(58)50-30-11-2-9-28(23-30)48-26-54/h1-3,8-13,22-24H,4-7,14-21H2,(H2,39,41,55)(H2,40,42,56)(H2,43,49,57)(H2,44,50,58)(H2,45,51,59)(H2,46,52,60). The first kappa shape index (κ1) is 46.4. The van der Waals surface area contributed by atoms with E-state index in [0.29, 0.717) is 99.1 Å². The Morgan fingerprint density at radius 2 is 0.617 bits per heavy atom. The van der Waals surface area contributed by atoms with E-state index in [-0.39, 0.29) is 25.2 Å². The van der Waals surface area contributed by atoms with Gasteiger partial charge in [0.2, 0.25) is 12.2 Å². The summed E-state index contributed by atoms with van der Waals surface area (Å²) in [7, 11) is 0. The number of isocyanates is 2. The van der Waals surface area contributed by atoms with Crippen molar-refractivity contribution in [3.8, 4) is 0 Å². The maximum absolute atomic E-state index is 12.3. The SMILES string of the molecule is O=C=Nc1cccc(NC(=O)NCCCNC(=O)NCCCNC(=O)Nc2cccc(NC(=O)NCCCNC(=O)NCCCNC(=O)Nc3cccc(N=C=O)c3)c2)c1. The second-order valence-corrected chi connectivity index (χ2v) is 12.4. The van der Waals surface area contributed by atoms with Crippen LogP contribution in [0.4, 0.5) is 62.9 Å². The van der Waals surface area contributed by atoms with Crippen LogP contribution in [-0.2, 0) is 9.59 Å². The third-order valence-corrected chi connectivity index (χ3v) is 7.63. The Balaban J connectivity index is 1.15. The molecule has 0 saturated carbocycles. The van der Waals surface area contributed by atoms with E-state index in [2.05, 4.69) is 73.8 Å². The lowest BCUT2D eigenvalue weighted by molar-refractivity contribution is 0.239. The van der Waals surface area contributed by atoms with E-state index < -0.39 is 24.1 Å². The van der Waals surface area contributed by atoms with Gasteiger partial charge in [-0.3, -0.25) is 0 Å². The minimum absolute atomic E-state index is 0.281. The lowest BCUT2D eigenvalue weighted by Gasteiger charge is -2.12. The van der Waals surface area contributed by atoms with Crippen LogP contribution in [0.3, 0.4) is 0 Å². The minimum Gasteiger partial charge on any atom is -0.338 e. The maximum Gasteiger partial charge on any atom is 0.319 e. The van der Waals surface area contributed by atoms with Crippen molar-refractivity contribution in [1.82, 2.24) is 42.5 Å². The molecule has 0 heterocycles. The van der Waals surface area contributed by atoms with Crippen molar-refractivity contribution in [2.24, 2.45) is 9.98 Å². The average Bonchev–Trinajstić information content (AvgIpc) is 3.21. The zero-order chi connectivity index (χ0) is 43.2.